The van der Waals surface area contributed by atoms with Crippen molar-refractivity contribution in [3.8, 4) is 17.1 Å². The maximum Gasteiger partial charge on any atom is 0.220 e. The van der Waals surface area contributed by atoms with Gasteiger partial charge in [-0.25, -0.2) is 0 Å². The lowest BCUT2D eigenvalue weighted by atomic mass is 10.2. The molecule has 0 saturated carbocycles. The van der Waals surface area contributed by atoms with Crippen LogP contribution in [-0.2, 0) is 4.79 Å². The Hall–Kier alpha value is -2.31. The molecule has 5 nitrogen and oxygen atoms in total. The number of unbranched alkanes of at least 4 members (excludes halogenated alkanes) is 3. The predicted molar refractivity (Wildman–Crippen MR) is 129 cm³/mol. The number of hydrogen-bond donors (Lipinski definition) is 1. The number of halogens is 1. The summed E-state index contributed by atoms with van der Waals surface area (Å²) < 4.78 is 2.06. The molecule has 0 aliphatic rings. The maximum absolute atomic E-state index is 12.0. The van der Waals surface area contributed by atoms with Crippen LogP contribution in [0, 0.1) is 0 Å². The van der Waals surface area contributed by atoms with Crippen LogP contribution in [0.1, 0.15) is 45.4 Å². The molecule has 1 N–H and O–H groups in total. The van der Waals surface area contributed by atoms with Gasteiger partial charge in [0, 0.05) is 35.0 Å². The quantitative estimate of drug-likeness (QED) is 0.262. The van der Waals surface area contributed by atoms with Gasteiger partial charge >= 0.3 is 0 Å². The molecular formula is C24H29ClN4OS. The van der Waals surface area contributed by atoms with Crippen molar-refractivity contribution in [3.05, 3.63) is 59.6 Å². The van der Waals surface area contributed by atoms with Crippen LogP contribution in [0.3, 0.4) is 0 Å². The van der Waals surface area contributed by atoms with E-state index < -0.39 is 0 Å². The SMILES string of the molecule is CCCCCCNC(=O)CCCSc1nnc(-c2ccc(Cl)cc2)n1-c1ccccc1. The minimum absolute atomic E-state index is 0.128. The highest BCUT2D eigenvalue weighted by Crippen LogP contribution is 2.29. The van der Waals surface area contributed by atoms with Crippen LogP contribution in [0.2, 0.25) is 5.02 Å². The Morgan fingerprint density at radius 3 is 2.52 bits per heavy atom. The molecule has 0 unspecified atom stereocenters. The number of carbonyl (C=O) groups excluding carboxylic acids is 1. The molecule has 0 atom stereocenters. The summed E-state index contributed by atoms with van der Waals surface area (Å²) in [5, 5.41) is 13.4. The van der Waals surface area contributed by atoms with E-state index in [1.54, 1.807) is 11.8 Å². The van der Waals surface area contributed by atoms with Gasteiger partial charge in [-0.1, -0.05) is 67.7 Å². The molecule has 0 radical (unpaired) electrons. The summed E-state index contributed by atoms with van der Waals surface area (Å²) in [6.45, 7) is 2.96. The third-order valence-corrected chi connectivity index (χ3v) is 6.15. The molecular weight excluding hydrogens is 428 g/mol. The Kier molecular flexibility index (Phi) is 9.43. The first-order valence-electron chi connectivity index (χ1n) is 10.9. The Balaban J connectivity index is 1.60. The van der Waals surface area contributed by atoms with E-state index in [0.29, 0.717) is 11.4 Å². The average molecular weight is 457 g/mol. The Morgan fingerprint density at radius 1 is 1.00 bits per heavy atom. The minimum Gasteiger partial charge on any atom is -0.356 e. The summed E-state index contributed by atoms with van der Waals surface area (Å²) in [6, 6.07) is 17.7. The minimum atomic E-state index is 0.128. The van der Waals surface area contributed by atoms with Crippen LogP contribution in [0.4, 0.5) is 0 Å². The first-order chi connectivity index (χ1) is 15.2. The normalized spacial score (nSPS) is 10.9. The van der Waals surface area contributed by atoms with E-state index in [2.05, 4.69) is 27.0 Å². The second-order valence-corrected chi connectivity index (χ2v) is 8.85. The number of hydrogen-bond acceptors (Lipinski definition) is 4. The molecule has 0 aliphatic heterocycles. The van der Waals surface area contributed by atoms with Gasteiger partial charge < -0.3 is 5.32 Å². The van der Waals surface area contributed by atoms with Crippen LogP contribution in [-0.4, -0.2) is 33.0 Å². The summed E-state index contributed by atoms with van der Waals surface area (Å²) in [7, 11) is 0. The lowest BCUT2D eigenvalue weighted by Crippen LogP contribution is -2.24. The lowest BCUT2D eigenvalue weighted by molar-refractivity contribution is -0.121. The van der Waals surface area contributed by atoms with Gasteiger partial charge in [-0.15, -0.1) is 10.2 Å². The molecule has 31 heavy (non-hydrogen) atoms. The van der Waals surface area contributed by atoms with Crippen molar-refractivity contribution in [2.75, 3.05) is 12.3 Å². The molecule has 1 aromatic heterocycles. The topological polar surface area (TPSA) is 59.8 Å². The van der Waals surface area contributed by atoms with Crippen molar-refractivity contribution in [1.29, 1.82) is 0 Å². The van der Waals surface area contributed by atoms with Crippen molar-refractivity contribution in [1.82, 2.24) is 20.1 Å². The molecule has 0 fully saturated rings. The Morgan fingerprint density at radius 2 is 1.77 bits per heavy atom. The van der Waals surface area contributed by atoms with Gasteiger partial charge in [-0.3, -0.25) is 9.36 Å². The zero-order valence-corrected chi connectivity index (χ0v) is 19.5. The van der Waals surface area contributed by atoms with E-state index in [9.17, 15) is 4.79 Å². The van der Waals surface area contributed by atoms with Crippen molar-refractivity contribution >= 4 is 29.3 Å². The van der Waals surface area contributed by atoms with Gasteiger partial charge in [0.25, 0.3) is 0 Å². The van der Waals surface area contributed by atoms with Gasteiger partial charge in [0.2, 0.25) is 5.91 Å². The number of nitrogens with zero attached hydrogens (tertiary/aromatic N) is 3. The fourth-order valence-corrected chi connectivity index (χ4v) is 4.24. The van der Waals surface area contributed by atoms with Crippen LogP contribution < -0.4 is 5.32 Å². The van der Waals surface area contributed by atoms with Crippen LogP contribution in [0.15, 0.2) is 59.8 Å². The third kappa shape index (κ3) is 7.11. The molecule has 3 rings (SSSR count). The summed E-state index contributed by atoms with van der Waals surface area (Å²) in [6.07, 6.45) is 6.00. The number of thioether (sulfide) groups is 1. The fourth-order valence-electron chi connectivity index (χ4n) is 3.22. The molecule has 7 heteroatoms. The third-order valence-electron chi connectivity index (χ3n) is 4.88. The maximum atomic E-state index is 12.0. The lowest BCUT2D eigenvalue weighted by Gasteiger charge is -2.10. The number of benzene rings is 2. The standard InChI is InChI=1S/C24H29ClN4OS/c1-2-3-4-8-17-26-22(30)12-9-18-31-24-28-27-23(19-13-15-20(25)16-14-19)29(24)21-10-6-5-7-11-21/h5-7,10-11,13-16H,2-4,8-9,12,17-18H2,1H3,(H,26,30). The molecule has 164 valence electrons. The van der Waals surface area contributed by atoms with Gasteiger partial charge in [-0.2, -0.15) is 0 Å². The molecule has 0 bridgehead atoms. The number of carbonyl (C=O) groups is 1. The zero-order valence-electron chi connectivity index (χ0n) is 17.9. The molecule has 2 aromatic carbocycles. The van der Waals surface area contributed by atoms with Crippen LogP contribution in [0.5, 0.6) is 0 Å². The van der Waals surface area contributed by atoms with Gasteiger partial charge in [-0.05, 0) is 49.2 Å². The smallest absolute Gasteiger partial charge is 0.220 e. The second-order valence-electron chi connectivity index (χ2n) is 7.35. The Bertz CT molecular complexity index is 944. The van der Waals surface area contributed by atoms with Crippen LogP contribution >= 0.6 is 23.4 Å². The van der Waals surface area contributed by atoms with E-state index in [1.807, 2.05) is 54.6 Å². The van der Waals surface area contributed by atoms with E-state index in [-0.39, 0.29) is 5.91 Å². The number of rotatable bonds is 12. The molecule has 3 aromatic rings. The highest BCUT2D eigenvalue weighted by atomic mass is 35.5. The number of amides is 1. The molecule has 0 saturated heterocycles. The summed E-state index contributed by atoms with van der Waals surface area (Å²) >= 11 is 7.67. The van der Waals surface area contributed by atoms with Crippen LogP contribution in [0.25, 0.3) is 17.1 Å². The number of nitrogens with one attached hydrogen (secondary N) is 1. The first-order valence-corrected chi connectivity index (χ1v) is 12.2. The molecule has 0 aliphatic carbocycles. The zero-order chi connectivity index (χ0) is 21.9. The van der Waals surface area contributed by atoms with E-state index in [0.717, 1.165) is 47.4 Å². The summed E-state index contributed by atoms with van der Waals surface area (Å²) in [4.78, 5) is 12.0. The highest BCUT2D eigenvalue weighted by molar-refractivity contribution is 7.99. The van der Waals surface area contributed by atoms with Gasteiger partial charge in [0.1, 0.15) is 0 Å². The summed E-state index contributed by atoms with van der Waals surface area (Å²) in [5.41, 5.74) is 1.96. The monoisotopic (exact) mass is 456 g/mol. The second kappa shape index (κ2) is 12.5. The van der Waals surface area contributed by atoms with Crippen molar-refractivity contribution in [3.63, 3.8) is 0 Å². The largest absolute Gasteiger partial charge is 0.356 e. The van der Waals surface area contributed by atoms with Gasteiger partial charge in [0.05, 0.1) is 0 Å². The number of para-hydroxylation sites is 1. The molecule has 1 amide bonds. The van der Waals surface area contributed by atoms with E-state index in [4.69, 9.17) is 11.6 Å². The Labute approximate surface area is 193 Å². The average Bonchev–Trinajstić information content (AvgIpc) is 3.21. The van der Waals surface area contributed by atoms with Crippen molar-refractivity contribution < 1.29 is 4.79 Å². The van der Waals surface area contributed by atoms with Gasteiger partial charge in [0.15, 0.2) is 11.0 Å². The number of aromatic nitrogens is 3. The van der Waals surface area contributed by atoms with E-state index in [1.165, 1.54) is 19.3 Å². The van der Waals surface area contributed by atoms with E-state index >= 15 is 0 Å². The molecule has 0 spiro atoms. The first kappa shape index (κ1) is 23.4. The van der Waals surface area contributed by atoms with Crippen molar-refractivity contribution in [2.24, 2.45) is 0 Å². The predicted octanol–water partition coefficient (Wildman–Crippen LogP) is 6.16. The fraction of sp³-hybridized carbons (Fsp3) is 0.375. The van der Waals surface area contributed by atoms with Crippen molar-refractivity contribution in [2.45, 2.75) is 50.6 Å². The molecule has 1 heterocycles. The highest BCUT2D eigenvalue weighted by Gasteiger charge is 2.16. The summed E-state index contributed by atoms with van der Waals surface area (Å²) in [5.74, 6) is 1.70.